The Balaban J connectivity index is 1.40. The first-order chi connectivity index (χ1) is 14.1. The van der Waals surface area contributed by atoms with Crippen molar-refractivity contribution in [1.82, 2.24) is 20.0 Å². The number of nitrogens with zero attached hydrogens (tertiary/aromatic N) is 4. The largest absolute Gasteiger partial charge is 0.494 e. The van der Waals surface area contributed by atoms with Crippen molar-refractivity contribution in [3.05, 3.63) is 60.2 Å². The Bertz CT molecular complexity index is 956. The lowest BCUT2D eigenvalue weighted by Gasteiger charge is -2.16. The SMILES string of the molecule is CCOc1ccc(CC(=O)N2C[C@H](c3nc(-c4cccnc4)no3)[C@@H](C)C2)cc1. The average molecular weight is 392 g/mol. The number of likely N-dealkylation sites (tertiary alicyclic amines) is 1. The normalized spacial score (nSPS) is 18.8. The number of pyridine rings is 1. The van der Waals surface area contributed by atoms with Crippen molar-refractivity contribution in [2.45, 2.75) is 26.2 Å². The van der Waals surface area contributed by atoms with Crippen molar-refractivity contribution in [2.75, 3.05) is 19.7 Å². The summed E-state index contributed by atoms with van der Waals surface area (Å²) in [5.74, 6) is 2.32. The molecule has 0 saturated carbocycles. The van der Waals surface area contributed by atoms with E-state index in [0.717, 1.165) is 16.9 Å². The average Bonchev–Trinajstić information content (AvgIpc) is 3.37. The number of carbonyl (C=O) groups excluding carboxylic acids is 1. The van der Waals surface area contributed by atoms with Crippen LogP contribution < -0.4 is 4.74 Å². The maximum Gasteiger partial charge on any atom is 0.232 e. The van der Waals surface area contributed by atoms with Gasteiger partial charge in [0.1, 0.15) is 5.75 Å². The third kappa shape index (κ3) is 4.29. The summed E-state index contributed by atoms with van der Waals surface area (Å²) in [4.78, 5) is 23.3. The van der Waals surface area contributed by atoms with Crippen LogP contribution in [0.2, 0.25) is 0 Å². The summed E-state index contributed by atoms with van der Waals surface area (Å²) in [6.07, 6.45) is 3.79. The fourth-order valence-corrected chi connectivity index (χ4v) is 3.65. The molecule has 4 rings (SSSR count). The fraction of sp³-hybridized carbons (Fsp3) is 0.364. The molecule has 150 valence electrons. The monoisotopic (exact) mass is 392 g/mol. The standard InChI is InChI=1S/C22H24N4O3/c1-3-28-18-8-6-16(7-9-18)11-20(27)26-13-15(2)19(14-26)22-24-21(25-29-22)17-5-4-10-23-12-17/h4-10,12,15,19H,3,11,13-14H2,1-2H3/t15-,19-/m0/s1. The van der Waals surface area contributed by atoms with Gasteiger partial charge in [0.25, 0.3) is 0 Å². The van der Waals surface area contributed by atoms with Crippen LogP contribution in [0.15, 0.2) is 53.3 Å². The molecule has 2 aromatic heterocycles. The Morgan fingerprint density at radius 2 is 2.07 bits per heavy atom. The van der Waals surface area contributed by atoms with E-state index in [2.05, 4.69) is 22.0 Å². The summed E-state index contributed by atoms with van der Waals surface area (Å²) in [5, 5.41) is 4.08. The summed E-state index contributed by atoms with van der Waals surface area (Å²) in [6.45, 7) is 5.97. The van der Waals surface area contributed by atoms with Crippen LogP contribution >= 0.6 is 0 Å². The molecule has 0 radical (unpaired) electrons. The predicted molar refractivity (Wildman–Crippen MR) is 107 cm³/mol. The second-order valence-corrected chi connectivity index (χ2v) is 7.33. The number of aromatic nitrogens is 3. The zero-order valence-corrected chi connectivity index (χ0v) is 16.6. The highest BCUT2D eigenvalue weighted by molar-refractivity contribution is 5.79. The highest BCUT2D eigenvalue weighted by Gasteiger charge is 2.36. The van der Waals surface area contributed by atoms with Crippen molar-refractivity contribution in [3.63, 3.8) is 0 Å². The Hall–Kier alpha value is -3.22. The second-order valence-electron chi connectivity index (χ2n) is 7.33. The molecule has 0 N–H and O–H groups in total. The molecule has 1 amide bonds. The van der Waals surface area contributed by atoms with E-state index in [0.29, 0.717) is 37.8 Å². The lowest BCUT2D eigenvalue weighted by molar-refractivity contribution is -0.129. The van der Waals surface area contributed by atoms with Gasteiger partial charge in [0.15, 0.2) is 0 Å². The first-order valence-electron chi connectivity index (χ1n) is 9.87. The van der Waals surface area contributed by atoms with Gasteiger partial charge in [-0.15, -0.1) is 0 Å². The minimum absolute atomic E-state index is 0.0391. The quantitative estimate of drug-likeness (QED) is 0.640. The molecule has 0 unspecified atom stereocenters. The van der Waals surface area contributed by atoms with Gasteiger partial charge in [-0.25, -0.2) is 0 Å². The van der Waals surface area contributed by atoms with Gasteiger partial charge in [-0.05, 0) is 42.7 Å². The fourth-order valence-electron chi connectivity index (χ4n) is 3.65. The van der Waals surface area contributed by atoms with Gasteiger partial charge in [0.2, 0.25) is 17.6 Å². The van der Waals surface area contributed by atoms with Gasteiger partial charge in [-0.3, -0.25) is 9.78 Å². The molecule has 1 saturated heterocycles. The van der Waals surface area contributed by atoms with Gasteiger partial charge < -0.3 is 14.2 Å². The highest BCUT2D eigenvalue weighted by Crippen LogP contribution is 2.32. The highest BCUT2D eigenvalue weighted by atomic mass is 16.5. The maximum atomic E-state index is 12.8. The van der Waals surface area contributed by atoms with E-state index < -0.39 is 0 Å². The Labute approximate surface area is 169 Å². The lowest BCUT2D eigenvalue weighted by Crippen LogP contribution is -2.30. The molecule has 1 aliphatic rings. The molecule has 1 aromatic carbocycles. The van der Waals surface area contributed by atoms with Gasteiger partial charge in [-0.1, -0.05) is 24.2 Å². The minimum atomic E-state index is 0.0391. The van der Waals surface area contributed by atoms with Crippen LogP contribution in [0.25, 0.3) is 11.4 Å². The third-order valence-corrected chi connectivity index (χ3v) is 5.23. The Morgan fingerprint density at radius 3 is 2.79 bits per heavy atom. The van der Waals surface area contributed by atoms with Crippen LogP contribution in [0.4, 0.5) is 0 Å². The van der Waals surface area contributed by atoms with Gasteiger partial charge in [0.05, 0.1) is 18.9 Å². The van der Waals surface area contributed by atoms with E-state index in [1.165, 1.54) is 0 Å². The van der Waals surface area contributed by atoms with E-state index in [1.807, 2.05) is 48.2 Å². The first-order valence-corrected chi connectivity index (χ1v) is 9.87. The smallest absolute Gasteiger partial charge is 0.232 e. The molecule has 0 aliphatic carbocycles. The number of benzene rings is 1. The molecular formula is C22H24N4O3. The molecule has 0 spiro atoms. The van der Waals surface area contributed by atoms with Crippen molar-refractivity contribution >= 4 is 5.91 Å². The number of ether oxygens (including phenoxy) is 1. The zero-order chi connectivity index (χ0) is 20.2. The number of hydrogen-bond acceptors (Lipinski definition) is 6. The van der Waals surface area contributed by atoms with Crippen LogP contribution in [0.5, 0.6) is 5.75 Å². The zero-order valence-electron chi connectivity index (χ0n) is 16.6. The van der Waals surface area contributed by atoms with E-state index >= 15 is 0 Å². The van der Waals surface area contributed by atoms with Gasteiger partial charge in [-0.2, -0.15) is 4.98 Å². The van der Waals surface area contributed by atoms with Crippen LogP contribution in [0, 0.1) is 5.92 Å². The molecule has 1 aliphatic heterocycles. The molecular weight excluding hydrogens is 368 g/mol. The first kappa shape index (κ1) is 19.1. The van der Waals surface area contributed by atoms with Crippen molar-refractivity contribution in [1.29, 1.82) is 0 Å². The summed E-state index contributed by atoms with van der Waals surface area (Å²) in [6, 6.07) is 11.4. The lowest BCUT2D eigenvalue weighted by atomic mass is 9.98. The predicted octanol–water partition coefficient (Wildman–Crippen LogP) is 3.33. The summed E-state index contributed by atoms with van der Waals surface area (Å²) >= 11 is 0. The van der Waals surface area contributed by atoms with Crippen molar-refractivity contribution < 1.29 is 14.1 Å². The topological polar surface area (TPSA) is 81.4 Å². The molecule has 7 nitrogen and oxygen atoms in total. The van der Waals surface area contributed by atoms with Crippen molar-refractivity contribution in [3.8, 4) is 17.1 Å². The third-order valence-electron chi connectivity index (χ3n) is 5.23. The molecule has 1 fully saturated rings. The molecule has 2 atom stereocenters. The minimum Gasteiger partial charge on any atom is -0.494 e. The van der Waals surface area contributed by atoms with Crippen LogP contribution in [-0.4, -0.2) is 45.6 Å². The van der Waals surface area contributed by atoms with Crippen LogP contribution in [-0.2, 0) is 11.2 Å². The summed E-state index contributed by atoms with van der Waals surface area (Å²) in [5.41, 5.74) is 1.79. The number of rotatable bonds is 6. The van der Waals surface area contributed by atoms with E-state index in [1.54, 1.807) is 12.4 Å². The molecule has 7 heteroatoms. The molecule has 3 heterocycles. The summed E-state index contributed by atoms with van der Waals surface area (Å²) < 4.78 is 11.0. The van der Waals surface area contributed by atoms with Crippen LogP contribution in [0.3, 0.4) is 0 Å². The molecule has 3 aromatic rings. The Morgan fingerprint density at radius 1 is 1.24 bits per heavy atom. The summed E-state index contributed by atoms with van der Waals surface area (Å²) in [7, 11) is 0. The molecule has 29 heavy (non-hydrogen) atoms. The van der Waals surface area contributed by atoms with Gasteiger partial charge in [0, 0.05) is 31.0 Å². The van der Waals surface area contributed by atoms with E-state index in [4.69, 9.17) is 9.26 Å². The maximum absolute atomic E-state index is 12.8. The second kappa shape index (κ2) is 8.43. The molecule has 0 bridgehead atoms. The number of amides is 1. The number of hydrogen-bond donors (Lipinski definition) is 0. The van der Waals surface area contributed by atoms with Crippen LogP contribution in [0.1, 0.15) is 31.2 Å². The van der Waals surface area contributed by atoms with E-state index in [9.17, 15) is 4.79 Å². The Kier molecular flexibility index (Phi) is 5.55. The van der Waals surface area contributed by atoms with Crippen molar-refractivity contribution in [2.24, 2.45) is 5.92 Å². The number of carbonyl (C=O) groups is 1. The van der Waals surface area contributed by atoms with E-state index in [-0.39, 0.29) is 17.7 Å². The van der Waals surface area contributed by atoms with Gasteiger partial charge >= 0.3 is 0 Å².